The Balaban J connectivity index is 1.80. The van der Waals surface area contributed by atoms with E-state index in [2.05, 4.69) is 0 Å². The smallest absolute Gasteiger partial charge is 0.416 e. The molecule has 1 amide bonds. The summed E-state index contributed by atoms with van der Waals surface area (Å²) in [5.41, 5.74) is 1.55. The van der Waals surface area contributed by atoms with Crippen LogP contribution in [0, 0.1) is 0 Å². The van der Waals surface area contributed by atoms with Gasteiger partial charge in [-0.2, -0.15) is 13.2 Å². The molecule has 3 rings (SSSR count). The average Bonchev–Trinajstić information content (AvgIpc) is 2.56. The summed E-state index contributed by atoms with van der Waals surface area (Å²) in [6.07, 6.45) is -3.75. The Morgan fingerprint density at radius 3 is 2.68 bits per heavy atom. The fraction of sp³-hybridized carbons (Fsp3) is 0.278. The molecule has 0 saturated heterocycles. The molecule has 2 aromatic rings. The molecule has 1 heterocycles. The van der Waals surface area contributed by atoms with Crippen LogP contribution in [0.4, 0.5) is 13.2 Å². The lowest BCUT2D eigenvalue weighted by atomic mass is 9.94. The molecular formula is C18H15ClF3NO2. The highest BCUT2D eigenvalue weighted by Crippen LogP contribution is 2.35. The Morgan fingerprint density at radius 2 is 2.00 bits per heavy atom. The van der Waals surface area contributed by atoms with Crippen molar-refractivity contribution in [2.24, 2.45) is 0 Å². The van der Waals surface area contributed by atoms with E-state index in [9.17, 15) is 18.0 Å². The quantitative estimate of drug-likeness (QED) is 0.793. The third-order valence-electron chi connectivity index (χ3n) is 4.19. The Kier molecular flexibility index (Phi) is 4.64. The molecule has 0 radical (unpaired) electrons. The molecule has 132 valence electrons. The van der Waals surface area contributed by atoms with Crippen LogP contribution in [0.1, 0.15) is 27.0 Å². The van der Waals surface area contributed by atoms with Crippen molar-refractivity contribution in [3.8, 4) is 5.75 Å². The number of alkyl halides is 3. The second kappa shape index (κ2) is 6.59. The van der Waals surface area contributed by atoms with Crippen molar-refractivity contribution in [3.63, 3.8) is 0 Å². The lowest BCUT2D eigenvalue weighted by molar-refractivity contribution is -0.137. The fourth-order valence-electron chi connectivity index (χ4n) is 2.80. The van der Waals surface area contributed by atoms with Crippen LogP contribution >= 0.6 is 11.6 Å². The Hall–Kier alpha value is -2.21. The predicted octanol–water partition coefficient (Wildman–Crippen LogP) is 4.57. The first-order chi connectivity index (χ1) is 11.8. The zero-order valence-electron chi connectivity index (χ0n) is 13.4. The molecule has 1 aliphatic rings. The largest absolute Gasteiger partial charge is 0.487 e. The Labute approximate surface area is 148 Å². The summed E-state index contributed by atoms with van der Waals surface area (Å²) < 4.78 is 43.6. The van der Waals surface area contributed by atoms with Crippen LogP contribution < -0.4 is 4.74 Å². The Morgan fingerprint density at radius 1 is 1.24 bits per heavy atom. The van der Waals surface area contributed by atoms with Crippen LogP contribution in [0.5, 0.6) is 5.75 Å². The van der Waals surface area contributed by atoms with Crippen molar-refractivity contribution in [1.29, 1.82) is 0 Å². The van der Waals surface area contributed by atoms with Gasteiger partial charge in [-0.05, 0) is 41.8 Å². The standard InChI is InChI=1S/C18H15ClF3NO2/c1-23-8-7-13-11(3-2-4-14(13)17(23)24)10-25-16-6-5-12(9-15(16)19)18(20,21)22/h2-6,9H,7-8,10H2,1H3. The van der Waals surface area contributed by atoms with E-state index in [4.69, 9.17) is 16.3 Å². The number of likely N-dealkylation sites (N-methyl/N-ethyl adjacent to an activating group) is 1. The van der Waals surface area contributed by atoms with E-state index in [1.807, 2.05) is 6.07 Å². The Bertz CT molecular complexity index is 820. The second-order valence-corrected chi connectivity index (χ2v) is 6.26. The van der Waals surface area contributed by atoms with Gasteiger partial charge in [-0.25, -0.2) is 0 Å². The first-order valence-corrected chi connectivity index (χ1v) is 8.01. The van der Waals surface area contributed by atoms with Gasteiger partial charge in [-0.1, -0.05) is 23.7 Å². The van der Waals surface area contributed by atoms with Gasteiger partial charge in [0.25, 0.3) is 5.91 Å². The summed E-state index contributed by atoms with van der Waals surface area (Å²) in [7, 11) is 1.75. The molecule has 0 fully saturated rings. The first kappa shape index (κ1) is 17.6. The molecular weight excluding hydrogens is 355 g/mol. The normalized spacial score (nSPS) is 14.4. The van der Waals surface area contributed by atoms with Crippen molar-refractivity contribution >= 4 is 17.5 Å². The summed E-state index contributed by atoms with van der Waals surface area (Å²) >= 11 is 5.90. The molecule has 0 N–H and O–H groups in total. The van der Waals surface area contributed by atoms with Crippen molar-refractivity contribution in [2.45, 2.75) is 19.2 Å². The number of hydrogen-bond acceptors (Lipinski definition) is 2. The number of nitrogens with zero attached hydrogens (tertiary/aromatic N) is 1. The number of rotatable bonds is 3. The van der Waals surface area contributed by atoms with E-state index in [1.54, 1.807) is 24.1 Å². The molecule has 0 aliphatic carbocycles. The lowest BCUT2D eigenvalue weighted by Gasteiger charge is -2.26. The van der Waals surface area contributed by atoms with Crippen molar-refractivity contribution in [1.82, 2.24) is 4.90 Å². The highest BCUT2D eigenvalue weighted by atomic mass is 35.5. The minimum atomic E-state index is -4.45. The number of benzene rings is 2. The van der Waals surface area contributed by atoms with Gasteiger partial charge in [0, 0.05) is 19.2 Å². The zero-order valence-corrected chi connectivity index (χ0v) is 14.1. The number of ether oxygens (including phenoxy) is 1. The van der Waals surface area contributed by atoms with Gasteiger partial charge in [0.1, 0.15) is 12.4 Å². The number of amides is 1. The summed E-state index contributed by atoms with van der Waals surface area (Å²) in [4.78, 5) is 13.8. The summed E-state index contributed by atoms with van der Waals surface area (Å²) in [6.45, 7) is 0.745. The summed E-state index contributed by atoms with van der Waals surface area (Å²) in [5.74, 6) is 0.127. The molecule has 25 heavy (non-hydrogen) atoms. The van der Waals surface area contributed by atoms with Crippen LogP contribution in [0.3, 0.4) is 0 Å². The molecule has 1 aliphatic heterocycles. The third kappa shape index (κ3) is 3.58. The number of halogens is 4. The van der Waals surface area contributed by atoms with Crippen LogP contribution in [-0.2, 0) is 19.2 Å². The van der Waals surface area contributed by atoms with E-state index in [-0.39, 0.29) is 23.3 Å². The average molecular weight is 370 g/mol. The van der Waals surface area contributed by atoms with Gasteiger partial charge < -0.3 is 9.64 Å². The van der Waals surface area contributed by atoms with E-state index < -0.39 is 11.7 Å². The van der Waals surface area contributed by atoms with Crippen LogP contribution in [0.2, 0.25) is 5.02 Å². The summed E-state index contributed by atoms with van der Waals surface area (Å²) in [5, 5.41) is -0.101. The number of carbonyl (C=O) groups is 1. The molecule has 7 heteroatoms. The maximum Gasteiger partial charge on any atom is 0.416 e. The zero-order chi connectivity index (χ0) is 18.2. The van der Waals surface area contributed by atoms with Gasteiger partial charge in [-0.3, -0.25) is 4.79 Å². The second-order valence-electron chi connectivity index (χ2n) is 5.85. The van der Waals surface area contributed by atoms with Gasteiger partial charge in [-0.15, -0.1) is 0 Å². The molecule has 0 atom stereocenters. The number of hydrogen-bond donors (Lipinski definition) is 0. The highest BCUT2D eigenvalue weighted by Gasteiger charge is 2.31. The molecule has 0 unspecified atom stereocenters. The van der Waals surface area contributed by atoms with E-state index >= 15 is 0 Å². The van der Waals surface area contributed by atoms with Crippen molar-refractivity contribution in [2.75, 3.05) is 13.6 Å². The van der Waals surface area contributed by atoms with E-state index in [1.165, 1.54) is 6.07 Å². The van der Waals surface area contributed by atoms with Crippen molar-refractivity contribution in [3.05, 3.63) is 63.7 Å². The topological polar surface area (TPSA) is 29.5 Å². The molecule has 0 aromatic heterocycles. The maximum atomic E-state index is 12.7. The van der Waals surface area contributed by atoms with E-state index in [0.717, 1.165) is 23.3 Å². The molecule has 3 nitrogen and oxygen atoms in total. The van der Waals surface area contributed by atoms with Crippen LogP contribution in [-0.4, -0.2) is 24.4 Å². The van der Waals surface area contributed by atoms with Gasteiger partial charge in [0.2, 0.25) is 0 Å². The third-order valence-corrected chi connectivity index (χ3v) is 4.49. The molecule has 0 bridgehead atoms. The van der Waals surface area contributed by atoms with Gasteiger partial charge in [0.15, 0.2) is 0 Å². The monoisotopic (exact) mass is 369 g/mol. The van der Waals surface area contributed by atoms with Crippen LogP contribution in [0.15, 0.2) is 36.4 Å². The first-order valence-electron chi connectivity index (χ1n) is 7.63. The van der Waals surface area contributed by atoms with Gasteiger partial charge in [0.05, 0.1) is 10.6 Å². The molecule has 2 aromatic carbocycles. The van der Waals surface area contributed by atoms with Gasteiger partial charge >= 0.3 is 6.18 Å². The van der Waals surface area contributed by atoms with E-state index in [0.29, 0.717) is 18.5 Å². The lowest BCUT2D eigenvalue weighted by Crippen LogP contribution is -2.34. The highest BCUT2D eigenvalue weighted by molar-refractivity contribution is 6.32. The summed E-state index contributed by atoms with van der Waals surface area (Å²) in [6, 6.07) is 8.36. The number of carbonyl (C=O) groups excluding carboxylic acids is 1. The SMILES string of the molecule is CN1CCc2c(COc3ccc(C(F)(F)F)cc3Cl)cccc2C1=O. The minimum Gasteiger partial charge on any atom is -0.487 e. The minimum absolute atomic E-state index is 0.0457. The molecule has 0 spiro atoms. The van der Waals surface area contributed by atoms with Crippen molar-refractivity contribution < 1.29 is 22.7 Å². The fourth-order valence-corrected chi connectivity index (χ4v) is 3.04. The molecule has 0 saturated carbocycles. The number of fused-ring (bicyclic) bond motifs is 1. The predicted molar refractivity (Wildman–Crippen MR) is 87.9 cm³/mol. The van der Waals surface area contributed by atoms with Crippen LogP contribution in [0.25, 0.3) is 0 Å². The maximum absolute atomic E-state index is 12.7.